The molecule has 1 N–H and O–H groups in total. The molecule has 0 aliphatic heterocycles. The number of amides is 1. The first-order chi connectivity index (χ1) is 18.5. The maximum Gasteiger partial charge on any atom is 0.344 e. The minimum absolute atomic E-state index is 0.0286. The number of anilines is 1. The number of benzene rings is 2. The second kappa shape index (κ2) is 10.8. The number of esters is 1. The highest BCUT2D eigenvalue weighted by Gasteiger charge is 2.31. The Hall–Kier alpha value is -4.60. The molecule has 1 aliphatic rings. The number of aromatic nitrogens is 3. The van der Waals surface area contributed by atoms with Crippen molar-refractivity contribution in [2.24, 2.45) is 0 Å². The molecule has 5 rings (SSSR count). The molecule has 4 aromatic rings. The molecule has 1 saturated carbocycles. The molecule has 10 heteroatoms. The number of nitro groups is 1. The Bertz CT molecular complexity index is 1570. The van der Waals surface area contributed by atoms with Crippen LogP contribution in [0.3, 0.4) is 0 Å². The van der Waals surface area contributed by atoms with E-state index in [1.54, 1.807) is 19.1 Å². The Balaban J connectivity index is 1.62. The number of nitrogens with zero attached hydrogens (tertiary/aromatic N) is 4. The lowest BCUT2D eigenvalue weighted by atomic mass is 9.95. The van der Waals surface area contributed by atoms with E-state index in [4.69, 9.17) is 14.7 Å². The molecule has 2 aromatic heterocycles. The summed E-state index contributed by atoms with van der Waals surface area (Å²) in [6, 6.07) is 13.4. The standard InChI is InChI=1S/C28H27N5O5/c1-2-38-28(35)24-25-27(30-22-14-7-6-13-21(22)29-25)32(19-10-4-3-5-11-19)26(24)31-23(34)16-15-18-9-8-12-20(17-18)33(36)37/h6-9,12-17,19H,2-5,10-11H2,1H3,(H,31,34)/b16-15+. The van der Waals surface area contributed by atoms with Gasteiger partial charge in [-0.2, -0.15) is 0 Å². The molecule has 194 valence electrons. The summed E-state index contributed by atoms with van der Waals surface area (Å²) in [6.45, 7) is 1.88. The van der Waals surface area contributed by atoms with Crippen LogP contribution in [0, 0.1) is 10.1 Å². The number of nitro benzene ring substituents is 1. The largest absolute Gasteiger partial charge is 0.462 e. The molecule has 1 fully saturated rings. The number of hydrogen-bond donors (Lipinski definition) is 1. The molecule has 0 unspecified atom stereocenters. The molecule has 2 heterocycles. The lowest BCUT2D eigenvalue weighted by Gasteiger charge is -2.26. The van der Waals surface area contributed by atoms with Crippen LogP contribution in [0.4, 0.5) is 11.5 Å². The zero-order valence-corrected chi connectivity index (χ0v) is 20.9. The normalized spacial score (nSPS) is 14.2. The SMILES string of the molecule is CCOC(=O)c1c(NC(=O)/C=C/c2cccc([N+](=O)[O-])c2)n(C2CCCCC2)c2nc3ccccc3nc12. The van der Waals surface area contributed by atoms with Gasteiger partial charge in [0.25, 0.3) is 5.69 Å². The van der Waals surface area contributed by atoms with Gasteiger partial charge in [0.05, 0.1) is 22.6 Å². The number of nitrogens with one attached hydrogen (secondary N) is 1. The van der Waals surface area contributed by atoms with Crippen molar-refractivity contribution in [3.63, 3.8) is 0 Å². The fourth-order valence-corrected chi connectivity index (χ4v) is 4.95. The van der Waals surface area contributed by atoms with E-state index in [1.165, 1.54) is 24.3 Å². The third-order valence-electron chi connectivity index (χ3n) is 6.66. The predicted octanol–water partition coefficient (Wildman–Crippen LogP) is 5.83. The fourth-order valence-electron chi connectivity index (χ4n) is 4.95. The smallest absolute Gasteiger partial charge is 0.344 e. The van der Waals surface area contributed by atoms with Crippen molar-refractivity contribution >= 4 is 51.7 Å². The van der Waals surface area contributed by atoms with Crippen molar-refractivity contribution in [3.8, 4) is 0 Å². The molecule has 1 aliphatic carbocycles. The number of non-ortho nitro benzene ring substituents is 1. The first-order valence-corrected chi connectivity index (χ1v) is 12.7. The van der Waals surface area contributed by atoms with Gasteiger partial charge in [-0.3, -0.25) is 14.9 Å². The molecular formula is C28H27N5O5. The van der Waals surface area contributed by atoms with Gasteiger partial charge in [-0.25, -0.2) is 14.8 Å². The summed E-state index contributed by atoms with van der Waals surface area (Å²) >= 11 is 0. The monoisotopic (exact) mass is 513 g/mol. The summed E-state index contributed by atoms with van der Waals surface area (Å²) in [6.07, 6.45) is 7.72. The maximum absolute atomic E-state index is 13.2. The molecule has 38 heavy (non-hydrogen) atoms. The van der Waals surface area contributed by atoms with Crippen LogP contribution < -0.4 is 5.32 Å². The van der Waals surface area contributed by atoms with Crippen LogP contribution in [0.1, 0.15) is 61.0 Å². The Morgan fingerprint density at radius 1 is 1.11 bits per heavy atom. The Morgan fingerprint density at radius 2 is 1.84 bits per heavy atom. The van der Waals surface area contributed by atoms with Crippen molar-refractivity contribution < 1.29 is 19.2 Å². The highest BCUT2D eigenvalue weighted by molar-refractivity contribution is 6.13. The van der Waals surface area contributed by atoms with Crippen LogP contribution in [0.2, 0.25) is 0 Å². The summed E-state index contributed by atoms with van der Waals surface area (Å²) in [5.74, 6) is -0.782. The number of rotatable bonds is 7. The molecule has 0 saturated heterocycles. The summed E-state index contributed by atoms with van der Waals surface area (Å²) in [5.41, 5.74) is 2.83. The summed E-state index contributed by atoms with van der Waals surface area (Å²) in [4.78, 5) is 46.6. The molecule has 0 spiro atoms. The summed E-state index contributed by atoms with van der Waals surface area (Å²) in [5, 5.41) is 14.0. The first-order valence-electron chi connectivity index (χ1n) is 12.7. The van der Waals surface area contributed by atoms with Gasteiger partial charge >= 0.3 is 5.97 Å². The molecule has 2 aromatic carbocycles. The number of hydrogen-bond acceptors (Lipinski definition) is 7. The van der Waals surface area contributed by atoms with Gasteiger partial charge in [-0.1, -0.05) is 43.5 Å². The van der Waals surface area contributed by atoms with E-state index >= 15 is 0 Å². The minimum atomic E-state index is -0.588. The van der Waals surface area contributed by atoms with Crippen molar-refractivity contribution in [2.75, 3.05) is 11.9 Å². The van der Waals surface area contributed by atoms with Crippen molar-refractivity contribution in [1.29, 1.82) is 0 Å². The Kier molecular flexibility index (Phi) is 7.12. The van der Waals surface area contributed by atoms with Crippen molar-refractivity contribution in [1.82, 2.24) is 14.5 Å². The van der Waals surface area contributed by atoms with Crippen molar-refractivity contribution in [2.45, 2.75) is 45.1 Å². The van der Waals surface area contributed by atoms with Crippen LogP contribution in [-0.2, 0) is 9.53 Å². The second-order valence-electron chi connectivity index (χ2n) is 9.17. The molecule has 0 atom stereocenters. The first kappa shape index (κ1) is 25.1. The number of carbonyl (C=O) groups excluding carboxylic acids is 2. The van der Waals surface area contributed by atoms with Crippen LogP contribution in [-0.4, -0.2) is 37.9 Å². The van der Waals surface area contributed by atoms with Crippen LogP contribution in [0.15, 0.2) is 54.6 Å². The topological polar surface area (TPSA) is 129 Å². The van der Waals surface area contributed by atoms with E-state index in [1.807, 2.05) is 28.8 Å². The van der Waals surface area contributed by atoms with Gasteiger partial charge in [0.1, 0.15) is 16.9 Å². The van der Waals surface area contributed by atoms with Gasteiger partial charge in [-0.05, 0) is 43.5 Å². The third-order valence-corrected chi connectivity index (χ3v) is 6.66. The number of para-hydroxylation sites is 2. The number of ether oxygens (including phenoxy) is 1. The number of carbonyl (C=O) groups is 2. The Morgan fingerprint density at radius 3 is 2.55 bits per heavy atom. The van der Waals surface area contributed by atoms with Crippen molar-refractivity contribution in [3.05, 3.63) is 75.8 Å². The van der Waals surface area contributed by atoms with Gasteiger partial charge in [0.2, 0.25) is 5.91 Å². The van der Waals surface area contributed by atoms with E-state index < -0.39 is 16.8 Å². The second-order valence-corrected chi connectivity index (χ2v) is 9.17. The van der Waals surface area contributed by atoms with E-state index in [-0.39, 0.29) is 23.9 Å². The third kappa shape index (κ3) is 4.97. The average Bonchev–Trinajstić information content (AvgIpc) is 3.23. The quantitative estimate of drug-likeness (QED) is 0.142. The Labute approximate surface area is 218 Å². The van der Waals surface area contributed by atoms with Gasteiger partial charge < -0.3 is 14.6 Å². The van der Waals surface area contributed by atoms with E-state index in [0.29, 0.717) is 33.6 Å². The average molecular weight is 514 g/mol. The maximum atomic E-state index is 13.2. The van der Waals surface area contributed by atoms with E-state index in [0.717, 1.165) is 32.1 Å². The zero-order chi connectivity index (χ0) is 26.6. The fraction of sp³-hybridized carbons (Fsp3) is 0.286. The highest BCUT2D eigenvalue weighted by Crippen LogP contribution is 2.38. The zero-order valence-electron chi connectivity index (χ0n) is 20.9. The van der Waals surface area contributed by atoms with E-state index in [9.17, 15) is 19.7 Å². The molecule has 0 radical (unpaired) electrons. The van der Waals surface area contributed by atoms with Crippen LogP contribution in [0.5, 0.6) is 0 Å². The molecule has 0 bridgehead atoms. The van der Waals surface area contributed by atoms with E-state index in [2.05, 4.69) is 5.32 Å². The summed E-state index contributed by atoms with van der Waals surface area (Å²) < 4.78 is 7.31. The highest BCUT2D eigenvalue weighted by atomic mass is 16.6. The lowest BCUT2D eigenvalue weighted by molar-refractivity contribution is -0.384. The predicted molar refractivity (Wildman–Crippen MR) is 144 cm³/mol. The molecular weight excluding hydrogens is 486 g/mol. The van der Waals surface area contributed by atoms with Gasteiger partial charge in [-0.15, -0.1) is 0 Å². The summed E-state index contributed by atoms with van der Waals surface area (Å²) in [7, 11) is 0. The lowest BCUT2D eigenvalue weighted by Crippen LogP contribution is -2.20. The molecule has 10 nitrogen and oxygen atoms in total. The minimum Gasteiger partial charge on any atom is -0.462 e. The van der Waals surface area contributed by atoms with Crippen LogP contribution in [0.25, 0.3) is 28.3 Å². The van der Waals surface area contributed by atoms with Gasteiger partial charge in [0.15, 0.2) is 5.65 Å². The number of fused-ring (bicyclic) bond motifs is 2. The molecule has 1 amide bonds. The van der Waals surface area contributed by atoms with Gasteiger partial charge in [0, 0.05) is 24.3 Å². The van der Waals surface area contributed by atoms with Crippen LogP contribution >= 0.6 is 0 Å².